The summed E-state index contributed by atoms with van der Waals surface area (Å²) in [6, 6.07) is 9.86. The predicted octanol–water partition coefficient (Wildman–Crippen LogP) is 2.82. The summed E-state index contributed by atoms with van der Waals surface area (Å²) < 4.78 is 1.07. The van der Waals surface area contributed by atoms with Gasteiger partial charge in [-0.1, -0.05) is 22.0 Å². The van der Waals surface area contributed by atoms with Crippen molar-refractivity contribution in [2.45, 2.75) is 10.6 Å². The highest BCUT2D eigenvalue weighted by molar-refractivity contribution is 9.10. The van der Waals surface area contributed by atoms with Crippen molar-refractivity contribution in [3.63, 3.8) is 0 Å². The van der Waals surface area contributed by atoms with Crippen LogP contribution in [-0.4, -0.2) is 9.97 Å². The SMILES string of the molecule is NNc1ccnc(CSc2cccc(Br)c2)n1. The lowest BCUT2D eigenvalue weighted by atomic mass is 10.4. The van der Waals surface area contributed by atoms with E-state index in [2.05, 4.69) is 43.5 Å². The number of nitrogens with zero attached hydrogens (tertiary/aromatic N) is 2. The molecule has 0 aliphatic rings. The molecular formula is C11H11BrN4S. The average molecular weight is 311 g/mol. The quantitative estimate of drug-likeness (QED) is 0.516. The van der Waals surface area contributed by atoms with Crippen molar-refractivity contribution < 1.29 is 0 Å². The molecule has 3 N–H and O–H groups in total. The standard InChI is InChI=1S/C11H11BrN4S/c12-8-2-1-3-9(6-8)17-7-11-14-5-4-10(15-11)16-13/h1-6H,7,13H2,(H,14,15,16). The molecule has 4 nitrogen and oxygen atoms in total. The molecule has 0 atom stereocenters. The Morgan fingerprint density at radius 1 is 1.35 bits per heavy atom. The van der Waals surface area contributed by atoms with Gasteiger partial charge in [0.2, 0.25) is 0 Å². The van der Waals surface area contributed by atoms with E-state index < -0.39 is 0 Å². The second-order valence-corrected chi connectivity index (χ2v) is 5.21. The van der Waals surface area contributed by atoms with E-state index in [1.54, 1.807) is 24.0 Å². The summed E-state index contributed by atoms with van der Waals surface area (Å²) in [4.78, 5) is 9.61. The zero-order chi connectivity index (χ0) is 12.1. The number of benzene rings is 1. The van der Waals surface area contributed by atoms with Gasteiger partial charge in [-0.15, -0.1) is 11.8 Å². The topological polar surface area (TPSA) is 63.8 Å². The van der Waals surface area contributed by atoms with Gasteiger partial charge in [0.25, 0.3) is 0 Å². The first-order valence-corrected chi connectivity index (χ1v) is 6.73. The average Bonchev–Trinajstić information content (AvgIpc) is 2.37. The van der Waals surface area contributed by atoms with Crippen molar-refractivity contribution in [1.82, 2.24) is 9.97 Å². The van der Waals surface area contributed by atoms with Gasteiger partial charge in [0.05, 0.1) is 5.75 Å². The van der Waals surface area contributed by atoms with Crippen molar-refractivity contribution in [1.29, 1.82) is 0 Å². The van der Waals surface area contributed by atoms with Crippen LogP contribution in [0.4, 0.5) is 5.82 Å². The molecule has 17 heavy (non-hydrogen) atoms. The molecule has 0 aliphatic carbocycles. The second-order valence-electron chi connectivity index (χ2n) is 3.25. The van der Waals surface area contributed by atoms with Gasteiger partial charge in [-0.25, -0.2) is 15.8 Å². The fourth-order valence-corrected chi connectivity index (χ4v) is 2.62. The Bertz CT molecular complexity index is 506. The summed E-state index contributed by atoms with van der Waals surface area (Å²) in [7, 11) is 0. The highest BCUT2D eigenvalue weighted by Gasteiger charge is 2.00. The normalized spacial score (nSPS) is 10.2. The Kier molecular flexibility index (Phi) is 4.36. The zero-order valence-corrected chi connectivity index (χ0v) is 11.3. The molecule has 0 saturated heterocycles. The van der Waals surface area contributed by atoms with E-state index in [0.717, 1.165) is 10.3 Å². The van der Waals surface area contributed by atoms with Gasteiger partial charge in [-0.2, -0.15) is 0 Å². The number of halogens is 1. The van der Waals surface area contributed by atoms with Crippen molar-refractivity contribution in [3.8, 4) is 0 Å². The van der Waals surface area contributed by atoms with Crippen LogP contribution in [0, 0.1) is 0 Å². The minimum absolute atomic E-state index is 0.629. The Hall–Kier alpha value is -1.11. The Morgan fingerprint density at radius 2 is 2.24 bits per heavy atom. The highest BCUT2D eigenvalue weighted by Crippen LogP contribution is 2.24. The van der Waals surface area contributed by atoms with Crippen LogP contribution in [0.5, 0.6) is 0 Å². The van der Waals surface area contributed by atoms with Crippen LogP contribution < -0.4 is 11.3 Å². The number of nitrogens with two attached hydrogens (primary N) is 1. The number of hydrazine groups is 1. The Morgan fingerprint density at radius 3 is 3.00 bits per heavy atom. The van der Waals surface area contributed by atoms with Crippen LogP contribution in [0.1, 0.15) is 5.82 Å². The molecule has 0 saturated carbocycles. The molecule has 1 heterocycles. The molecule has 0 spiro atoms. The van der Waals surface area contributed by atoms with Crippen molar-refractivity contribution in [2.75, 3.05) is 5.43 Å². The first-order valence-electron chi connectivity index (χ1n) is 4.95. The van der Waals surface area contributed by atoms with E-state index in [0.29, 0.717) is 11.6 Å². The summed E-state index contributed by atoms with van der Waals surface area (Å²) in [5, 5.41) is 0. The van der Waals surface area contributed by atoms with Gasteiger partial charge in [0.15, 0.2) is 0 Å². The summed E-state index contributed by atoms with van der Waals surface area (Å²) in [6.07, 6.45) is 1.69. The van der Waals surface area contributed by atoms with Crippen LogP contribution in [-0.2, 0) is 5.75 Å². The number of hydrogen-bond acceptors (Lipinski definition) is 5. The first kappa shape index (κ1) is 12.3. The summed E-state index contributed by atoms with van der Waals surface area (Å²) in [5.41, 5.74) is 2.51. The molecule has 2 rings (SSSR count). The van der Waals surface area contributed by atoms with Crippen LogP contribution >= 0.6 is 27.7 Å². The monoisotopic (exact) mass is 310 g/mol. The van der Waals surface area contributed by atoms with E-state index in [-0.39, 0.29) is 0 Å². The number of anilines is 1. The fraction of sp³-hybridized carbons (Fsp3) is 0.0909. The Labute approximate surface area is 112 Å². The van der Waals surface area contributed by atoms with Crippen molar-refractivity contribution >= 4 is 33.5 Å². The van der Waals surface area contributed by atoms with Gasteiger partial charge in [0.1, 0.15) is 11.6 Å². The van der Waals surface area contributed by atoms with Crippen molar-refractivity contribution in [3.05, 3.63) is 46.8 Å². The van der Waals surface area contributed by atoms with Crippen LogP contribution in [0.15, 0.2) is 45.9 Å². The maximum Gasteiger partial charge on any atom is 0.143 e. The van der Waals surface area contributed by atoms with E-state index in [1.165, 1.54) is 4.90 Å². The Balaban J connectivity index is 2.02. The first-order chi connectivity index (χ1) is 8.28. The zero-order valence-electron chi connectivity index (χ0n) is 8.93. The predicted molar refractivity (Wildman–Crippen MR) is 73.5 cm³/mol. The molecule has 6 heteroatoms. The molecule has 0 bridgehead atoms. The number of nitrogens with one attached hydrogen (secondary N) is 1. The van der Waals surface area contributed by atoms with Gasteiger partial charge < -0.3 is 5.43 Å². The van der Waals surface area contributed by atoms with Gasteiger partial charge >= 0.3 is 0 Å². The van der Waals surface area contributed by atoms with Gasteiger partial charge in [-0.05, 0) is 18.2 Å². The molecule has 0 radical (unpaired) electrons. The minimum atomic E-state index is 0.629. The van der Waals surface area contributed by atoms with E-state index in [4.69, 9.17) is 5.84 Å². The molecule has 88 valence electrons. The fourth-order valence-electron chi connectivity index (χ4n) is 1.25. The molecule has 0 aliphatic heterocycles. The number of thioether (sulfide) groups is 1. The van der Waals surface area contributed by atoms with Gasteiger partial charge in [-0.3, -0.25) is 0 Å². The third-order valence-electron chi connectivity index (χ3n) is 2.02. The molecule has 0 unspecified atom stereocenters. The number of hydrogen-bond donors (Lipinski definition) is 2. The molecule has 0 fully saturated rings. The maximum atomic E-state index is 5.29. The second kappa shape index (κ2) is 6.00. The lowest BCUT2D eigenvalue weighted by Gasteiger charge is -2.03. The lowest BCUT2D eigenvalue weighted by molar-refractivity contribution is 1.03. The lowest BCUT2D eigenvalue weighted by Crippen LogP contribution is -2.09. The summed E-state index contributed by atoms with van der Waals surface area (Å²) >= 11 is 5.12. The van der Waals surface area contributed by atoms with Crippen LogP contribution in [0.3, 0.4) is 0 Å². The van der Waals surface area contributed by atoms with E-state index in [1.807, 2.05) is 12.1 Å². The minimum Gasteiger partial charge on any atom is -0.308 e. The molecule has 1 aromatic carbocycles. The third-order valence-corrected chi connectivity index (χ3v) is 3.50. The van der Waals surface area contributed by atoms with Crippen LogP contribution in [0.2, 0.25) is 0 Å². The van der Waals surface area contributed by atoms with E-state index >= 15 is 0 Å². The number of nitrogen functional groups attached to an aromatic ring is 1. The smallest absolute Gasteiger partial charge is 0.143 e. The largest absolute Gasteiger partial charge is 0.308 e. The molecular weight excluding hydrogens is 300 g/mol. The van der Waals surface area contributed by atoms with E-state index in [9.17, 15) is 0 Å². The van der Waals surface area contributed by atoms with Crippen LogP contribution in [0.25, 0.3) is 0 Å². The number of rotatable bonds is 4. The highest BCUT2D eigenvalue weighted by atomic mass is 79.9. The molecule has 1 aromatic heterocycles. The number of aromatic nitrogens is 2. The van der Waals surface area contributed by atoms with Gasteiger partial charge in [0, 0.05) is 21.6 Å². The summed E-state index contributed by atoms with van der Waals surface area (Å²) in [5.74, 6) is 7.39. The molecule has 0 amide bonds. The third kappa shape index (κ3) is 3.69. The molecule has 2 aromatic rings. The summed E-state index contributed by atoms with van der Waals surface area (Å²) in [6.45, 7) is 0. The maximum absolute atomic E-state index is 5.29. The van der Waals surface area contributed by atoms with Crippen molar-refractivity contribution in [2.24, 2.45) is 5.84 Å².